The molecule has 3 heteroatoms. The highest BCUT2D eigenvalue weighted by molar-refractivity contribution is 7.11. The molecule has 1 fully saturated rings. The Kier molecular flexibility index (Phi) is 3.36. The molecule has 0 amide bonds. The van der Waals surface area contributed by atoms with Crippen LogP contribution in [0.3, 0.4) is 0 Å². The fourth-order valence-corrected chi connectivity index (χ4v) is 3.89. The van der Waals surface area contributed by atoms with Crippen LogP contribution in [0.5, 0.6) is 0 Å². The molecular weight excluding hydrogens is 216 g/mol. The summed E-state index contributed by atoms with van der Waals surface area (Å²) in [7, 11) is 0. The van der Waals surface area contributed by atoms with E-state index in [1.54, 1.807) is 0 Å². The first-order chi connectivity index (χ1) is 7.56. The van der Waals surface area contributed by atoms with Crippen molar-refractivity contribution in [1.82, 2.24) is 4.98 Å². The van der Waals surface area contributed by atoms with Crippen LogP contribution in [-0.4, -0.2) is 4.98 Å². The minimum atomic E-state index is 0.331. The Hall–Kier alpha value is -0.410. The molecule has 1 aliphatic rings. The van der Waals surface area contributed by atoms with Crippen molar-refractivity contribution < 1.29 is 0 Å². The molecule has 1 heterocycles. The van der Waals surface area contributed by atoms with E-state index in [4.69, 9.17) is 5.73 Å². The summed E-state index contributed by atoms with van der Waals surface area (Å²) in [4.78, 5) is 5.84. The molecule has 0 aliphatic heterocycles. The third-order valence-corrected chi connectivity index (χ3v) is 5.59. The fourth-order valence-electron chi connectivity index (χ4n) is 2.81. The molecule has 1 unspecified atom stereocenters. The second kappa shape index (κ2) is 4.46. The van der Waals surface area contributed by atoms with Crippen LogP contribution in [0.25, 0.3) is 0 Å². The van der Waals surface area contributed by atoms with E-state index in [-0.39, 0.29) is 0 Å². The van der Waals surface area contributed by atoms with Gasteiger partial charge < -0.3 is 5.73 Å². The number of thiazole rings is 1. The largest absolute Gasteiger partial charge is 0.325 e. The Morgan fingerprint density at radius 3 is 2.88 bits per heavy atom. The van der Waals surface area contributed by atoms with Crippen LogP contribution in [0.1, 0.15) is 49.9 Å². The van der Waals surface area contributed by atoms with Crippen molar-refractivity contribution in [1.29, 1.82) is 0 Å². The third-order valence-electron chi connectivity index (χ3n) is 4.29. The van der Waals surface area contributed by atoms with Crippen LogP contribution in [0, 0.1) is 11.8 Å². The fraction of sp³-hybridized carbons (Fsp3) is 0.769. The van der Waals surface area contributed by atoms with Gasteiger partial charge in [0.25, 0.3) is 0 Å². The van der Waals surface area contributed by atoms with Crippen LogP contribution in [0.4, 0.5) is 0 Å². The van der Waals surface area contributed by atoms with E-state index in [1.165, 1.54) is 24.1 Å². The van der Waals surface area contributed by atoms with Gasteiger partial charge in [-0.3, -0.25) is 0 Å². The quantitative estimate of drug-likeness (QED) is 0.858. The number of rotatable bonds is 2. The predicted molar refractivity (Wildman–Crippen MR) is 69.5 cm³/mol. The Morgan fingerprint density at radius 1 is 1.56 bits per heavy atom. The normalized spacial score (nSPS) is 35.2. The minimum Gasteiger partial charge on any atom is -0.325 e. The molecule has 90 valence electrons. The molecule has 0 bridgehead atoms. The topological polar surface area (TPSA) is 38.9 Å². The van der Waals surface area contributed by atoms with Gasteiger partial charge >= 0.3 is 0 Å². The lowest BCUT2D eigenvalue weighted by atomic mass is 9.65. The van der Waals surface area contributed by atoms with Gasteiger partial charge in [-0.2, -0.15) is 0 Å². The molecule has 2 nitrogen and oxygen atoms in total. The van der Waals surface area contributed by atoms with Crippen molar-refractivity contribution in [2.75, 3.05) is 0 Å². The summed E-state index contributed by atoms with van der Waals surface area (Å²) in [5.74, 6) is 1.63. The third kappa shape index (κ3) is 2.03. The average molecular weight is 238 g/mol. The highest BCUT2D eigenvalue weighted by Gasteiger charge is 2.38. The lowest BCUT2D eigenvalue weighted by Crippen LogP contribution is -2.35. The summed E-state index contributed by atoms with van der Waals surface area (Å²) in [5, 5.41) is 1.07. The van der Waals surface area contributed by atoms with Gasteiger partial charge in [0.15, 0.2) is 0 Å². The summed E-state index contributed by atoms with van der Waals surface area (Å²) >= 11 is 1.81. The number of nitrogens with zero attached hydrogens (tertiary/aromatic N) is 1. The molecule has 0 spiro atoms. The van der Waals surface area contributed by atoms with Gasteiger partial charge in [0.2, 0.25) is 0 Å². The van der Waals surface area contributed by atoms with Gasteiger partial charge in [0.1, 0.15) is 5.01 Å². The van der Waals surface area contributed by atoms with Crippen molar-refractivity contribution in [3.05, 3.63) is 16.1 Å². The Labute approximate surface area is 102 Å². The zero-order valence-electron chi connectivity index (χ0n) is 10.5. The lowest BCUT2D eigenvalue weighted by Gasteiger charge is -2.41. The maximum atomic E-state index is 5.64. The van der Waals surface area contributed by atoms with Crippen molar-refractivity contribution >= 4 is 11.3 Å². The summed E-state index contributed by atoms with van der Waals surface area (Å²) < 4.78 is 0. The number of aromatic nitrogens is 1. The molecule has 2 N–H and O–H groups in total. The van der Waals surface area contributed by atoms with Gasteiger partial charge in [0.05, 0.1) is 0 Å². The second-order valence-electron chi connectivity index (χ2n) is 5.52. The molecule has 1 saturated carbocycles. The van der Waals surface area contributed by atoms with E-state index in [0.717, 1.165) is 16.8 Å². The summed E-state index contributed by atoms with van der Waals surface area (Å²) in [5.41, 5.74) is 5.97. The van der Waals surface area contributed by atoms with Crippen LogP contribution in [0.15, 0.2) is 6.20 Å². The van der Waals surface area contributed by atoms with E-state index >= 15 is 0 Å². The zero-order valence-corrected chi connectivity index (χ0v) is 11.3. The van der Waals surface area contributed by atoms with E-state index in [9.17, 15) is 0 Å². The Balaban J connectivity index is 2.23. The van der Waals surface area contributed by atoms with Crippen LogP contribution >= 0.6 is 11.3 Å². The van der Waals surface area contributed by atoms with Crippen molar-refractivity contribution in [2.45, 2.75) is 52.0 Å². The van der Waals surface area contributed by atoms with Gasteiger partial charge in [-0.1, -0.05) is 20.8 Å². The lowest BCUT2D eigenvalue weighted by molar-refractivity contribution is 0.179. The Bertz CT molecular complexity index is 361. The summed E-state index contributed by atoms with van der Waals surface area (Å²) in [6.07, 6.45) is 6.03. The molecule has 0 radical (unpaired) electrons. The standard InChI is InChI=1S/C13H22N2S/c1-9-4-5-13(3,10(2)6-9)11-8-15-12(7-14)16-11/h8-10H,4-7,14H2,1-3H3/t9-,10?,13-/m1/s1. The first kappa shape index (κ1) is 12.1. The average Bonchev–Trinajstić information content (AvgIpc) is 2.73. The second-order valence-corrected chi connectivity index (χ2v) is 6.64. The van der Waals surface area contributed by atoms with Gasteiger partial charge in [0, 0.05) is 23.0 Å². The number of hydrogen-bond donors (Lipinski definition) is 1. The number of hydrogen-bond acceptors (Lipinski definition) is 3. The van der Waals surface area contributed by atoms with Crippen LogP contribution in [0.2, 0.25) is 0 Å². The van der Waals surface area contributed by atoms with E-state index in [1.807, 2.05) is 11.3 Å². The first-order valence-electron chi connectivity index (χ1n) is 6.21. The molecule has 0 aromatic carbocycles. The van der Waals surface area contributed by atoms with Gasteiger partial charge in [-0.05, 0) is 31.1 Å². The SMILES string of the molecule is CC1C[C@H](C)CC[C@@]1(C)c1cnc(CN)s1. The monoisotopic (exact) mass is 238 g/mol. The van der Waals surface area contributed by atoms with Crippen LogP contribution < -0.4 is 5.73 Å². The number of nitrogens with two attached hydrogens (primary N) is 1. The highest BCUT2D eigenvalue weighted by atomic mass is 32.1. The van der Waals surface area contributed by atoms with Gasteiger partial charge in [-0.15, -0.1) is 11.3 Å². The molecular formula is C13H22N2S. The van der Waals surface area contributed by atoms with E-state index < -0.39 is 0 Å². The van der Waals surface area contributed by atoms with Crippen molar-refractivity contribution in [3.8, 4) is 0 Å². The molecule has 16 heavy (non-hydrogen) atoms. The maximum Gasteiger partial charge on any atom is 0.106 e. The summed E-state index contributed by atoms with van der Waals surface area (Å²) in [6.45, 7) is 7.73. The van der Waals surface area contributed by atoms with Gasteiger partial charge in [-0.25, -0.2) is 4.98 Å². The summed E-state index contributed by atoms with van der Waals surface area (Å²) in [6, 6.07) is 0. The zero-order chi connectivity index (χ0) is 11.8. The molecule has 1 aromatic heterocycles. The molecule has 1 aromatic rings. The molecule has 1 aliphatic carbocycles. The maximum absolute atomic E-state index is 5.64. The Morgan fingerprint density at radius 2 is 2.31 bits per heavy atom. The predicted octanol–water partition coefficient (Wildman–Crippen LogP) is 3.32. The highest BCUT2D eigenvalue weighted by Crippen LogP contribution is 2.46. The van der Waals surface area contributed by atoms with E-state index in [2.05, 4.69) is 32.0 Å². The minimum absolute atomic E-state index is 0.331. The van der Waals surface area contributed by atoms with Crippen molar-refractivity contribution in [3.63, 3.8) is 0 Å². The molecule has 3 atom stereocenters. The van der Waals surface area contributed by atoms with E-state index in [0.29, 0.717) is 12.0 Å². The molecule has 2 rings (SSSR count). The molecule has 0 saturated heterocycles. The first-order valence-corrected chi connectivity index (χ1v) is 7.03. The van der Waals surface area contributed by atoms with Crippen molar-refractivity contribution in [2.24, 2.45) is 17.6 Å². The van der Waals surface area contributed by atoms with Crippen LogP contribution in [-0.2, 0) is 12.0 Å². The smallest absolute Gasteiger partial charge is 0.106 e.